The highest BCUT2D eigenvalue weighted by atomic mass is 16.5. The Bertz CT molecular complexity index is 976. The summed E-state index contributed by atoms with van der Waals surface area (Å²) in [6, 6.07) is 21.7. The van der Waals surface area contributed by atoms with Gasteiger partial charge in [0, 0.05) is 11.0 Å². The number of ether oxygens (including phenoxy) is 3. The molecule has 0 radical (unpaired) electrons. The molecule has 0 N–H and O–H groups in total. The predicted octanol–water partition coefficient (Wildman–Crippen LogP) is 6.41. The highest BCUT2D eigenvalue weighted by molar-refractivity contribution is 5.78. The van der Waals surface area contributed by atoms with Crippen LogP contribution in [0.3, 0.4) is 0 Å². The molecule has 0 bridgehead atoms. The molecule has 3 aromatic carbocycles. The highest BCUT2D eigenvalue weighted by Gasteiger charge is 2.23. The van der Waals surface area contributed by atoms with Crippen LogP contribution in [0.2, 0.25) is 0 Å². The van der Waals surface area contributed by atoms with Crippen LogP contribution in [-0.4, -0.2) is 20.0 Å². The van der Waals surface area contributed by atoms with Crippen LogP contribution in [0.5, 0.6) is 23.0 Å². The van der Waals surface area contributed by atoms with E-state index >= 15 is 0 Å². The Morgan fingerprint density at radius 1 is 0.900 bits per heavy atom. The number of methoxy groups -OCH3 is 1. The van der Waals surface area contributed by atoms with Crippen LogP contribution < -0.4 is 14.2 Å². The molecule has 0 atom stereocenters. The third-order valence-electron chi connectivity index (χ3n) is 5.15. The van der Waals surface area contributed by atoms with Crippen LogP contribution in [0.25, 0.3) is 0 Å². The third kappa shape index (κ3) is 4.65. The average molecular weight is 405 g/mol. The second kappa shape index (κ2) is 9.49. The fourth-order valence-electron chi connectivity index (χ4n) is 3.33. The molecule has 0 fully saturated rings. The second-order valence-corrected chi connectivity index (χ2v) is 7.63. The molecule has 0 aliphatic carbocycles. The summed E-state index contributed by atoms with van der Waals surface area (Å²) in [6.07, 6.45) is 1.62. The van der Waals surface area contributed by atoms with Crippen molar-refractivity contribution >= 4 is 6.29 Å². The summed E-state index contributed by atoms with van der Waals surface area (Å²) in [5, 5.41) is 0. The van der Waals surface area contributed by atoms with Crippen LogP contribution >= 0.6 is 0 Å². The molecule has 0 saturated heterocycles. The highest BCUT2D eigenvalue weighted by Crippen LogP contribution is 2.41. The maximum Gasteiger partial charge on any atom is 0.204 e. The van der Waals surface area contributed by atoms with Crippen molar-refractivity contribution in [3.8, 4) is 23.0 Å². The molecule has 156 valence electrons. The van der Waals surface area contributed by atoms with Crippen LogP contribution in [-0.2, 0) is 5.41 Å². The van der Waals surface area contributed by atoms with Gasteiger partial charge in [0.25, 0.3) is 0 Å². The molecule has 3 aromatic rings. The zero-order valence-electron chi connectivity index (χ0n) is 18.0. The lowest BCUT2D eigenvalue weighted by Crippen LogP contribution is -2.18. The van der Waals surface area contributed by atoms with Crippen molar-refractivity contribution < 1.29 is 19.0 Å². The summed E-state index contributed by atoms with van der Waals surface area (Å²) in [5.41, 5.74) is 2.77. The van der Waals surface area contributed by atoms with Gasteiger partial charge in [-0.15, -0.1) is 0 Å². The number of hydrogen-bond donors (Lipinski definition) is 0. The van der Waals surface area contributed by atoms with Gasteiger partial charge in [-0.3, -0.25) is 4.79 Å². The Kier molecular flexibility index (Phi) is 6.78. The second-order valence-electron chi connectivity index (χ2n) is 7.63. The lowest BCUT2D eigenvalue weighted by Gasteiger charge is -2.26. The van der Waals surface area contributed by atoms with Crippen molar-refractivity contribution in [2.75, 3.05) is 13.7 Å². The summed E-state index contributed by atoms with van der Waals surface area (Å²) < 4.78 is 17.4. The maximum atomic E-state index is 11.3. The molecule has 0 heterocycles. The Balaban J connectivity index is 1.90. The summed E-state index contributed by atoms with van der Waals surface area (Å²) in [4.78, 5) is 11.3. The van der Waals surface area contributed by atoms with Gasteiger partial charge in [0.2, 0.25) is 5.75 Å². The molecule has 0 aromatic heterocycles. The van der Waals surface area contributed by atoms with Gasteiger partial charge in [0.1, 0.15) is 12.0 Å². The number of hydrogen-bond acceptors (Lipinski definition) is 4. The molecule has 3 rings (SSSR count). The number of carbonyl (C=O) groups excluding carboxylic acids is 1. The standard InChI is InChI=1S/C26H28O4/c1-5-15-29-25-23(28-4)16-19(18-27)17-24(25)30-22-13-11-21(12-14-22)26(2,3)20-9-7-6-8-10-20/h6-14,16-18H,5,15H2,1-4H3. The first-order chi connectivity index (χ1) is 14.5. The monoisotopic (exact) mass is 404 g/mol. The molecule has 4 heteroatoms. The van der Waals surface area contributed by atoms with E-state index in [1.54, 1.807) is 19.2 Å². The molecule has 0 saturated carbocycles. The first-order valence-corrected chi connectivity index (χ1v) is 10.1. The van der Waals surface area contributed by atoms with Crippen molar-refractivity contribution in [3.63, 3.8) is 0 Å². The molecule has 0 spiro atoms. The maximum absolute atomic E-state index is 11.3. The van der Waals surface area contributed by atoms with Gasteiger partial charge >= 0.3 is 0 Å². The molecule has 0 amide bonds. The smallest absolute Gasteiger partial charge is 0.204 e. The SMILES string of the molecule is CCCOc1c(OC)cc(C=O)cc1Oc1ccc(C(C)(C)c2ccccc2)cc1. The summed E-state index contributed by atoms with van der Waals surface area (Å²) in [6.45, 7) is 6.96. The minimum absolute atomic E-state index is 0.129. The van der Waals surface area contributed by atoms with Crippen molar-refractivity contribution in [2.45, 2.75) is 32.6 Å². The lowest BCUT2D eigenvalue weighted by atomic mass is 9.78. The zero-order valence-corrected chi connectivity index (χ0v) is 18.0. The Hall–Kier alpha value is -3.27. The van der Waals surface area contributed by atoms with Crippen molar-refractivity contribution in [3.05, 3.63) is 83.4 Å². The van der Waals surface area contributed by atoms with E-state index in [0.29, 0.717) is 35.2 Å². The van der Waals surface area contributed by atoms with Gasteiger partial charge in [0.05, 0.1) is 13.7 Å². The van der Waals surface area contributed by atoms with Crippen molar-refractivity contribution in [2.24, 2.45) is 0 Å². The van der Waals surface area contributed by atoms with Gasteiger partial charge in [-0.1, -0.05) is 63.2 Å². The van der Waals surface area contributed by atoms with Gasteiger partial charge in [-0.25, -0.2) is 0 Å². The van der Waals surface area contributed by atoms with E-state index in [-0.39, 0.29) is 5.41 Å². The molecular formula is C26H28O4. The summed E-state index contributed by atoms with van der Waals surface area (Å²) in [7, 11) is 1.55. The molecule has 0 aliphatic rings. The van der Waals surface area contributed by atoms with Gasteiger partial charge < -0.3 is 14.2 Å². The minimum atomic E-state index is -0.129. The number of rotatable bonds is 9. The van der Waals surface area contributed by atoms with Crippen LogP contribution in [0.4, 0.5) is 0 Å². The van der Waals surface area contributed by atoms with E-state index in [0.717, 1.165) is 12.7 Å². The Labute approximate surface area is 178 Å². The Morgan fingerprint density at radius 3 is 2.13 bits per heavy atom. The van der Waals surface area contributed by atoms with E-state index in [1.165, 1.54) is 11.1 Å². The fraction of sp³-hybridized carbons (Fsp3) is 0.269. The average Bonchev–Trinajstić information content (AvgIpc) is 2.78. The van der Waals surface area contributed by atoms with Crippen molar-refractivity contribution in [1.82, 2.24) is 0 Å². The zero-order chi connectivity index (χ0) is 21.6. The number of carbonyl (C=O) groups is 1. The van der Waals surface area contributed by atoms with Crippen LogP contribution in [0.1, 0.15) is 48.7 Å². The number of aldehydes is 1. The summed E-state index contributed by atoms with van der Waals surface area (Å²) >= 11 is 0. The largest absolute Gasteiger partial charge is 0.493 e. The van der Waals surface area contributed by atoms with E-state index in [2.05, 4.69) is 50.2 Å². The van der Waals surface area contributed by atoms with E-state index in [1.807, 2.05) is 25.1 Å². The molecule has 4 nitrogen and oxygen atoms in total. The quantitative estimate of drug-likeness (QED) is 0.386. The molecular weight excluding hydrogens is 376 g/mol. The first kappa shape index (κ1) is 21.4. The van der Waals surface area contributed by atoms with Gasteiger partial charge in [-0.2, -0.15) is 0 Å². The fourth-order valence-corrected chi connectivity index (χ4v) is 3.33. The molecule has 0 unspecified atom stereocenters. The lowest BCUT2D eigenvalue weighted by molar-refractivity contribution is 0.112. The van der Waals surface area contributed by atoms with E-state index < -0.39 is 0 Å². The first-order valence-electron chi connectivity index (χ1n) is 10.1. The topological polar surface area (TPSA) is 44.8 Å². The Morgan fingerprint density at radius 2 is 1.53 bits per heavy atom. The predicted molar refractivity (Wildman–Crippen MR) is 119 cm³/mol. The van der Waals surface area contributed by atoms with E-state index in [4.69, 9.17) is 14.2 Å². The number of benzene rings is 3. The van der Waals surface area contributed by atoms with Crippen LogP contribution in [0, 0.1) is 0 Å². The van der Waals surface area contributed by atoms with Gasteiger partial charge in [-0.05, 0) is 41.8 Å². The van der Waals surface area contributed by atoms with Crippen molar-refractivity contribution in [1.29, 1.82) is 0 Å². The minimum Gasteiger partial charge on any atom is -0.493 e. The van der Waals surface area contributed by atoms with Gasteiger partial charge in [0.15, 0.2) is 11.5 Å². The molecule has 30 heavy (non-hydrogen) atoms. The van der Waals surface area contributed by atoms with Crippen LogP contribution in [0.15, 0.2) is 66.7 Å². The van der Waals surface area contributed by atoms with E-state index in [9.17, 15) is 4.79 Å². The normalized spacial score (nSPS) is 11.1. The summed E-state index contributed by atoms with van der Waals surface area (Å²) in [5.74, 6) is 2.09. The molecule has 0 aliphatic heterocycles. The third-order valence-corrected chi connectivity index (χ3v) is 5.15.